The Labute approximate surface area is 130 Å². The van der Waals surface area contributed by atoms with Crippen LogP contribution in [-0.2, 0) is 17.9 Å². The van der Waals surface area contributed by atoms with Crippen molar-refractivity contribution in [1.29, 1.82) is 0 Å². The minimum absolute atomic E-state index is 0.120. The van der Waals surface area contributed by atoms with Gasteiger partial charge in [-0.3, -0.25) is 4.79 Å². The molecule has 1 aliphatic rings. The summed E-state index contributed by atoms with van der Waals surface area (Å²) in [7, 11) is 0. The van der Waals surface area contributed by atoms with E-state index in [4.69, 9.17) is 4.74 Å². The summed E-state index contributed by atoms with van der Waals surface area (Å²) in [5, 5.41) is 2.94. The second-order valence-corrected chi connectivity index (χ2v) is 5.90. The van der Waals surface area contributed by atoms with Crippen molar-refractivity contribution in [3.8, 4) is 11.4 Å². The number of aromatic nitrogens is 2. The summed E-state index contributed by atoms with van der Waals surface area (Å²) in [5.74, 6) is 1.13. The van der Waals surface area contributed by atoms with Crippen molar-refractivity contribution >= 4 is 5.91 Å². The number of fused-ring (bicyclic) bond motifs is 1. The van der Waals surface area contributed by atoms with Gasteiger partial charge in [-0.15, -0.1) is 0 Å². The summed E-state index contributed by atoms with van der Waals surface area (Å²) >= 11 is 0. The summed E-state index contributed by atoms with van der Waals surface area (Å²) in [5.41, 5.74) is 2.37. The molecule has 2 heterocycles. The van der Waals surface area contributed by atoms with Crippen LogP contribution in [0.3, 0.4) is 0 Å². The van der Waals surface area contributed by atoms with Gasteiger partial charge in [0.2, 0.25) is 0 Å². The Bertz CT molecular complexity index is 662. The largest absolute Gasteiger partial charge is 0.373 e. The number of benzene rings is 1. The molecular formula is C17H21N3O2. The van der Waals surface area contributed by atoms with Crippen molar-refractivity contribution < 1.29 is 9.53 Å². The normalized spacial score (nSPS) is 14.0. The molecule has 1 N–H and O–H groups in total. The lowest BCUT2D eigenvalue weighted by molar-refractivity contribution is 0.0816. The predicted octanol–water partition coefficient (Wildman–Crippen LogP) is 2.47. The van der Waals surface area contributed by atoms with Gasteiger partial charge in [-0.25, -0.2) is 4.98 Å². The first-order chi connectivity index (χ1) is 10.7. The fraction of sp³-hybridized carbons (Fsp3) is 0.412. The first kappa shape index (κ1) is 14.8. The third-order valence-electron chi connectivity index (χ3n) is 3.69. The number of hydrogen-bond acceptors (Lipinski definition) is 3. The summed E-state index contributed by atoms with van der Waals surface area (Å²) < 4.78 is 7.62. The van der Waals surface area contributed by atoms with Gasteiger partial charge in [0.25, 0.3) is 5.91 Å². The molecule has 1 aromatic carbocycles. The van der Waals surface area contributed by atoms with Crippen LogP contribution in [0.4, 0.5) is 0 Å². The third-order valence-corrected chi connectivity index (χ3v) is 3.69. The average molecular weight is 299 g/mol. The minimum atomic E-state index is -0.120. The highest BCUT2D eigenvalue weighted by atomic mass is 16.5. The smallest absolute Gasteiger partial charge is 0.271 e. The lowest BCUT2D eigenvalue weighted by Crippen LogP contribution is -2.29. The molecule has 0 bridgehead atoms. The van der Waals surface area contributed by atoms with E-state index in [2.05, 4.69) is 28.7 Å². The van der Waals surface area contributed by atoms with Crippen LogP contribution in [0.2, 0.25) is 0 Å². The number of imidazole rings is 1. The van der Waals surface area contributed by atoms with Gasteiger partial charge in [0.1, 0.15) is 5.82 Å². The molecule has 5 nitrogen and oxygen atoms in total. The number of hydrogen-bond donors (Lipinski definition) is 1. The Balaban J connectivity index is 1.97. The zero-order valence-corrected chi connectivity index (χ0v) is 13.0. The van der Waals surface area contributed by atoms with Gasteiger partial charge < -0.3 is 14.6 Å². The summed E-state index contributed by atoms with van der Waals surface area (Å²) in [6, 6.07) is 9.97. The molecule has 0 saturated carbocycles. The molecule has 0 radical (unpaired) electrons. The van der Waals surface area contributed by atoms with E-state index in [9.17, 15) is 4.79 Å². The van der Waals surface area contributed by atoms with Crippen molar-refractivity contribution in [2.24, 2.45) is 5.92 Å². The van der Waals surface area contributed by atoms with Gasteiger partial charge in [0.05, 0.1) is 18.9 Å². The van der Waals surface area contributed by atoms with Crippen LogP contribution in [0.1, 0.15) is 30.0 Å². The summed E-state index contributed by atoms with van der Waals surface area (Å²) in [6.45, 7) is 6.60. The van der Waals surface area contributed by atoms with Crippen LogP contribution in [0, 0.1) is 5.92 Å². The number of amides is 1. The van der Waals surface area contributed by atoms with Crippen molar-refractivity contribution in [2.75, 3.05) is 13.2 Å². The molecule has 0 fully saturated rings. The van der Waals surface area contributed by atoms with E-state index in [0.29, 0.717) is 31.4 Å². The molecule has 22 heavy (non-hydrogen) atoms. The molecule has 5 heteroatoms. The molecule has 0 unspecified atom stereocenters. The number of nitrogens with one attached hydrogen (secondary N) is 1. The maximum absolute atomic E-state index is 12.4. The first-order valence-electron chi connectivity index (χ1n) is 7.67. The van der Waals surface area contributed by atoms with Crippen molar-refractivity contribution in [2.45, 2.75) is 27.0 Å². The monoisotopic (exact) mass is 299 g/mol. The number of rotatable bonds is 4. The standard InChI is InChI=1S/C17H21N3O2/c1-12(2)10-18-17(21)15-14-11-22-9-8-20(14)16(19-15)13-6-4-3-5-7-13/h3-7,12H,8-11H2,1-2H3,(H,18,21). The zero-order chi connectivity index (χ0) is 15.5. The van der Waals surface area contributed by atoms with Crippen LogP contribution in [-0.4, -0.2) is 28.6 Å². The maximum atomic E-state index is 12.4. The quantitative estimate of drug-likeness (QED) is 0.943. The second kappa shape index (κ2) is 6.32. The van der Waals surface area contributed by atoms with E-state index in [0.717, 1.165) is 23.6 Å². The topological polar surface area (TPSA) is 56.2 Å². The Morgan fingerprint density at radius 3 is 2.86 bits per heavy atom. The van der Waals surface area contributed by atoms with E-state index in [-0.39, 0.29) is 5.91 Å². The Morgan fingerprint density at radius 2 is 2.14 bits per heavy atom. The second-order valence-electron chi connectivity index (χ2n) is 5.90. The van der Waals surface area contributed by atoms with Gasteiger partial charge >= 0.3 is 0 Å². The Kier molecular flexibility index (Phi) is 4.24. The predicted molar refractivity (Wildman–Crippen MR) is 84.5 cm³/mol. The molecular weight excluding hydrogens is 278 g/mol. The van der Waals surface area contributed by atoms with Crippen molar-refractivity contribution in [1.82, 2.24) is 14.9 Å². The highest BCUT2D eigenvalue weighted by molar-refractivity contribution is 5.94. The van der Waals surface area contributed by atoms with Gasteiger partial charge in [0, 0.05) is 18.7 Å². The highest BCUT2D eigenvalue weighted by Crippen LogP contribution is 2.25. The number of carbonyl (C=O) groups is 1. The van der Waals surface area contributed by atoms with Crippen molar-refractivity contribution in [3.05, 3.63) is 41.7 Å². The maximum Gasteiger partial charge on any atom is 0.271 e. The van der Waals surface area contributed by atoms with E-state index >= 15 is 0 Å². The van der Waals surface area contributed by atoms with Gasteiger partial charge in [0.15, 0.2) is 5.69 Å². The lowest BCUT2D eigenvalue weighted by atomic mass is 10.2. The molecule has 116 valence electrons. The van der Waals surface area contributed by atoms with Gasteiger partial charge in [-0.05, 0) is 5.92 Å². The summed E-state index contributed by atoms with van der Waals surface area (Å²) in [4.78, 5) is 17.0. The molecule has 3 rings (SSSR count). The molecule has 0 saturated heterocycles. The van der Waals surface area contributed by atoms with Crippen LogP contribution in [0.15, 0.2) is 30.3 Å². The molecule has 0 atom stereocenters. The van der Waals surface area contributed by atoms with E-state index in [1.165, 1.54) is 0 Å². The number of carbonyl (C=O) groups excluding carboxylic acids is 1. The molecule has 0 spiro atoms. The Morgan fingerprint density at radius 1 is 1.36 bits per heavy atom. The molecule has 1 aromatic heterocycles. The van der Waals surface area contributed by atoms with E-state index in [1.807, 2.05) is 30.3 Å². The van der Waals surface area contributed by atoms with Crippen LogP contribution < -0.4 is 5.32 Å². The highest BCUT2D eigenvalue weighted by Gasteiger charge is 2.25. The van der Waals surface area contributed by atoms with Crippen molar-refractivity contribution in [3.63, 3.8) is 0 Å². The molecule has 1 amide bonds. The van der Waals surface area contributed by atoms with Gasteiger partial charge in [-0.2, -0.15) is 0 Å². The van der Waals surface area contributed by atoms with Crippen LogP contribution in [0.5, 0.6) is 0 Å². The average Bonchev–Trinajstić information content (AvgIpc) is 2.93. The fourth-order valence-electron chi connectivity index (χ4n) is 2.57. The van der Waals surface area contributed by atoms with E-state index < -0.39 is 0 Å². The lowest BCUT2D eigenvalue weighted by Gasteiger charge is -2.18. The first-order valence-corrected chi connectivity index (χ1v) is 7.67. The SMILES string of the molecule is CC(C)CNC(=O)c1nc(-c2ccccc2)n2c1COCC2. The van der Waals surface area contributed by atoms with Crippen LogP contribution >= 0.6 is 0 Å². The van der Waals surface area contributed by atoms with Crippen LogP contribution in [0.25, 0.3) is 11.4 Å². The third kappa shape index (κ3) is 2.90. The molecule has 2 aromatic rings. The summed E-state index contributed by atoms with van der Waals surface area (Å²) in [6.07, 6.45) is 0. The number of nitrogens with zero attached hydrogens (tertiary/aromatic N) is 2. The molecule has 0 aliphatic carbocycles. The Hall–Kier alpha value is -2.14. The van der Waals surface area contributed by atoms with Gasteiger partial charge in [-0.1, -0.05) is 44.2 Å². The fourth-order valence-corrected chi connectivity index (χ4v) is 2.57. The molecule has 1 aliphatic heterocycles. The minimum Gasteiger partial charge on any atom is -0.373 e. The number of ether oxygens (including phenoxy) is 1. The zero-order valence-electron chi connectivity index (χ0n) is 13.0. The van der Waals surface area contributed by atoms with E-state index in [1.54, 1.807) is 0 Å².